The van der Waals surface area contributed by atoms with Gasteiger partial charge in [0.15, 0.2) is 0 Å². The second-order valence-electron chi connectivity index (χ2n) is 22.8. The summed E-state index contributed by atoms with van der Waals surface area (Å²) in [7, 11) is 0. The minimum Gasteiger partial charge on any atom is -0.455 e. The molecule has 1 heterocycles. The predicted octanol–water partition coefficient (Wildman–Crippen LogP) is 17.8. The molecule has 6 aliphatic carbocycles. The van der Waals surface area contributed by atoms with Gasteiger partial charge in [0.1, 0.15) is 11.2 Å². The molecule has 3 saturated carbocycles. The summed E-state index contributed by atoms with van der Waals surface area (Å²) < 4.78 is 6.71. The van der Waals surface area contributed by atoms with Crippen molar-refractivity contribution in [1.29, 1.82) is 0 Å². The molecule has 4 unspecified atom stereocenters. The van der Waals surface area contributed by atoms with Gasteiger partial charge in [0, 0.05) is 44.2 Å². The van der Waals surface area contributed by atoms with E-state index in [1.54, 1.807) is 11.1 Å². The summed E-state index contributed by atoms with van der Waals surface area (Å²) in [6.07, 6.45) is 5.31. The minimum atomic E-state index is -0.500. The maximum atomic E-state index is 6.71. The molecule has 0 aliphatic heterocycles. The van der Waals surface area contributed by atoms with E-state index in [0.29, 0.717) is 23.7 Å². The Morgan fingerprint density at radius 1 is 0.437 bits per heavy atom. The maximum Gasteiger partial charge on any atom is 0.143 e. The van der Waals surface area contributed by atoms with Crippen LogP contribution in [0.4, 0.5) is 17.1 Å². The quantitative estimate of drug-likeness (QED) is 0.175. The van der Waals surface area contributed by atoms with Crippen LogP contribution in [0.5, 0.6) is 0 Å². The Labute approximate surface area is 416 Å². The molecular weight excluding hydrogens is 859 g/mol. The third kappa shape index (κ3) is 5.03. The zero-order valence-electron chi connectivity index (χ0n) is 40.6. The van der Waals surface area contributed by atoms with Gasteiger partial charge in [-0.3, -0.25) is 0 Å². The van der Waals surface area contributed by atoms with Crippen molar-refractivity contribution in [3.05, 3.63) is 245 Å². The molecule has 0 N–H and O–H groups in total. The van der Waals surface area contributed by atoms with Crippen LogP contribution >= 0.6 is 0 Å². The number of benzene rings is 9. The lowest BCUT2D eigenvalue weighted by Crippen LogP contribution is -2.46. The average molecular weight is 914 g/mol. The number of fused-ring (bicyclic) bond motifs is 15. The van der Waals surface area contributed by atoms with E-state index in [2.05, 4.69) is 226 Å². The van der Waals surface area contributed by atoms with Gasteiger partial charge < -0.3 is 9.32 Å². The van der Waals surface area contributed by atoms with Crippen LogP contribution in [0, 0.1) is 23.7 Å². The second kappa shape index (κ2) is 14.1. The Hall–Kier alpha value is -7.42. The van der Waals surface area contributed by atoms with Gasteiger partial charge in [-0.15, -0.1) is 0 Å². The zero-order chi connectivity index (χ0) is 47.0. The average Bonchev–Trinajstić information content (AvgIpc) is 4.17. The molecule has 71 heavy (non-hydrogen) atoms. The molecule has 1 aromatic heterocycles. The molecule has 6 aliphatic rings. The normalized spacial score (nSPS) is 23.9. The fourth-order valence-corrected chi connectivity index (χ4v) is 17.0. The van der Waals surface area contributed by atoms with Crippen LogP contribution in [0.1, 0.15) is 96.9 Å². The summed E-state index contributed by atoms with van der Waals surface area (Å²) in [5.41, 5.74) is 24.2. The Bertz CT molecular complexity index is 3840. The van der Waals surface area contributed by atoms with Gasteiger partial charge in [0.25, 0.3) is 0 Å². The van der Waals surface area contributed by atoms with Crippen molar-refractivity contribution in [3.63, 3.8) is 0 Å². The van der Waals surface area contributed by atoms with E-state index in [1.807, 2.05) is 0 Å². The molecular formula is C69H55NO. The van der Waals surface area contributed by atoms with Gasteiger partial charge in [-0.25, -0.2) is 0 Å². The van der Waals surface area contributed by atoms with Crippen LogP contribution in [0.25, 0.3) is 55.3 Å². The van der Waals surface area contributed by atoms with Crippen LogP contribution in [0.15, 0.2) is 205 Å². The summed E-state index contributed by atoms with van der Waals surface area (Å²) >= 11 is 0. The highest BCUT2D eigenvalue weighted by molar-refractivity contribution is 6.09. The molecule has 6 atom stereocenters. The second-order valence-corrected chi connectivity index (χ2v) is 22.8. The molecule has 3 fully saturated rings. The molecule has 2 spiro atoms. The largest absolute Gasteiger partial charge is 0.455 e. The van der Waals surface area contributed by atoms with Gasteiger partial charge in [0.05, 0.1) is 5.41 Å². The van der Waals surface area contributed by atoms with Crippen LogP contribution < -0.4 is 4.90 Å². The van der Waals surface area contributed by atoms with Crippen LogP contribution in [-0.4, -0.2) is 0 Å². The van der Waals surface area contributed by atoms with E-state index in [0.717, 1.165) is 44.7 Å². The van der Waals surface area contributed by atoms with Crippen molar-refractivity contribution >= 4 is 39.0 Å². The highest BCUT2D eigenvalue weighted by Gasteiger charge is 2.70. The van der Waals surface area contributed by atoms with E-state index < -0.39 is 5.41 Å². The summed E-state index contributed by atoms with van der Waals surface area (Å²) in [4.78, 5) is 2.59. The molecule has 0 amide bonds. The van der Waals surface area contributed by atoms with E-state index in [4.69, 9.17) is 4.42 Å². The number of hydrogen-bond donors (Lipinski definition) is 0. The van der Waals surface area contributed by atoms with Crippen molar-refractivity contribution in [1.82, 2.24) is 0 Å². The molecule has 342 valence electrons. The van der Waals surface area contributed by atoms with Gasteiger partial charge in [-0.1, -0.05) is 178 Å². The Kier molecular flexibility index (Phi) is 8.03. The van der Waals surface area contributed by atoms with Crippen molar-refractivity contribution in [3.8, 4) is 33.4 Å². The van der Waals surface area contributed by atoms with E-state index in [1.165, 1.54) is 92.7 Å². The highest BCUT2D eigenvalue weighted by atomic mass is 16.3. The van der Waals surface area contributed by atoms with Crippen molar-refractivity contribution in [2.75, 3.05) is 4.90 Å². The molecule has 2 bridgehead atoms. The molecule has 0 saturated heterocycles. The highest BCUT2D eigenvalue weighted by Crippen LogP contribution is 2.77. The number of hydrogen-bond acceptors (Lipinski definition) is 2. The number of nitrogens with zero attached hydrogens (tertiary/aromatic N) is 1. The summed E-state index contributed by atoms with van der Waals surface area (Å²) in [5, 5.41) is 2.29. The number of furan rings is 1. The van der Waals surface area contributed by atoms with Crippen LogP contribution in [0.3, 0.4) is 0 Å². The molecule has 9 aromatic carbocycles. The van der Waals surface area contributed by atoms with Gasteiger partial charge >= 0.3 is 0 Å². The fourth-order valence-electron chi connectivity index (χ4n) is 17.0. The molecule has 2 nitrogen and oxygen atoms in total. The minimum absolute atomic E-state index is 0.0799. The first-order chi connectivity index (χ1) is 34.8. The van der Waals surface area contributed by atoms with Gasteiger partial charge in [-0.05, 0) is 170 Å². The number of rotatable bonds is 4. The lowest BCUT2D eigenvalue weighted by molar-refractivity contribution is 0.0823. The van der Waals surface area contributed by atoms with Crippen molar-refractivity contribution in [2.24, 2.45) is 23.7 Å². The Morgan fingerprint density at radius 2 is 1.00 bits per heavy atom. The molecule has 2 heteroatoms. The monoisotopic (exact) mass is 913 g/mol. The molecule has 10 aromatic rings. The predicted molar refractivity (Wildman–Crippen MR) is 291 cm³/mol. The smallest absolute Gasteiger partial charge is 0.143 e. The van der Waals surface area contributed by atoms with E-state index in [9.17, 15) is 0 Å². The van der Waals surface area contributed by atoms with Gasteiger partial charge in [-0.2, -0.15) is 0 Å². The lowest BCUT2D eigenvalue weighted by Gasteiger charge is -2.51. The Morgan fingerprint density at radius 3 is 1.76 bits per heavy atom. The van der Waals surface area contributed by atoms with Crippen LogP contribution in [0.2, 0.25) is 0 Å². The van der Waals surface area contributed by atoms with Crippen LogP contribution in [-0.2, 0) is 16.2 Å². The topological polar surface area (TPSA) is 16.4 Å². The lowest BCUT2D eigenvalue weighted by atomic mass is 9.53. The molecule has 16 rings (SSSR count). The SMILES string of the molecule is CC1C[C@@H]2CC3C[C@H](C1)C21c2ccc(N(c4cccc(-c5cccc6c5oc5ccccc56)c4)c4ccc5c(c4)C(C)(C)c4ccccc4-5)cc2C2(c4ccccc4-c4ccccc42)c2ccccc2C31. The maximum absolute atomic E-state index is 6.71. The van der Waals surface area contributed by atoms with E-state index in [-0.39, 0.29) is 10.8 Å². The number of anilines is 3. The van der Waals surface area contributed by atoms with Crippen molar-refractivity contribution < 1.29 is 4.42 Å². The first-order valence-electron chi connectivity index (χ1n) is 26.3. The summed E-state index contributed by atoms with van der Waals surface area (Å²) in [6, 6.07) is 77.2. The summed E-state index contributed by atoms with van der Waals surface area (Å²) in [5.74, 6) is 3.27. The third-order valence-electron chi connectivity index (χ3n) is 19.3. The Balaban J connectivity index is 0.995. The first-order valence-corrected chi connectivity index (χ1v) is 26.3. The van der Waals surface area contributed by atoms with E-state index >= 15 is 0 Å². The summed E-state index contributed by atoms with van der Waals surface area (Å²) in [6.45, 7) is 7.36. The number of para-hydroxylation sites is 2. The zero-order valence-corrected chi connectivity index (χ0v) is 40.6. The standard InChI is InChI=1S/C69H55NO/c1-41-34-44-36-43-37-45(35-41)68(44)61-33-31-48(40-63(61)69(60-28-12-7-22-56(60)65(43)68)58-26-10-5-19-51(58)52-20-6-11-27-59(52)69)70(47-30-32-53-50-18-4-9-25-57(50)67(2,3)62(53)39-47)46-17-14-16-42(38-46)49-23-15-24-55-54-21-8-13-29-64(54)71-66(49)55/h4-33,38-41,43-45,65H,34-37H2,1-3H3/t41?,43?,44-,45+,65?,68?. The first kappa shape index (κ1) is 40.3. The third-order valence-corrected chi connectivity index (χ3v) is 19.3. The van der Waals surface area contributed by atoms with Gasteiger partial charge in [0.2, 0.25) is 0 Å². The van der Waals surface area contributed by atoms with Crippen molar-refractivity contribution in [2.45, 2.75) is 68.6 Å². The fraction of sp³-hybridized carbons (Fsp3) is 0.217. The molecule has 0 radical (unpaired) electrons.